The Labute approximate surface area is 132 Å². The second kappa shape index (κ2) is 5.51. The Morgan fingerprint density at radius 1 is 1.04 bits per heavy atom. The molecule has 0 aliphatic rings. The summed E-state index contributed by atoms with van der Waals surface area (Å²) in [5.74, 6) is -1.01. The van der Waals surface area contributed by atoms with Crippen molar-refractivity contribution in [2.75, 3.05) is 0 Å². The summed E-state index contributed by atoms with van der Waals surface area (Å²) in [6.45, 7) is 1.50. The lowest BCUT2D eigenvalue weighted by Crippen LogP contribution is -2.03. The highest BCUT2D eigenvalue weighted by Gasteiger charge is 2.29. The highest BCUT2D eigenvalue weighted by atomic mass is 32.2. The van der Waals surface area contributed by atoms with Crippen molar-refractivity contribution in [1.29, 1.82) is 0 Å². The van der Waals surface area contributed by atoms with E-state index >= 15 is 0 Å². The highest BCUT2D eigenvalue weighted by Crippen LogP contribution is 2.33. The van der Waals surface area contributed by atoms with E-state index in [4.69, 9.17) is 0 Å². The van der Waals surface area contributed by atoms with Gasteiger partial charge in [0.15, 0.2) is 4.90 Å². The van der Waals surface area contributed by atoms with Gasteiger partial charge in [0.1, 0.15) is 5.82 Å². The van der Waals surface area contributed by atoms with Gasteiger partial charge in [-0.05, 0) is 43.3 Å². The number of aromatic nitrogens is 2. The van der Waals surface area contributed by atoms with Crippen LogP contribution in [0.15, 0.2) is 64.4 Å². The van der Waals surface area contributed by atoms with Gasteiger partial charge in [-0.3, -0.25) is 0 Å². The first-order valence-electron chi connectivity index (χ1n) is 6.76. The van der Waals surface area contributed by atoms with E-state index in [0.29, 0.717) is 5.69 Å². The van der Waals surface area contributed by atoms with Crippen molar-refractivity contribution in [2.24, 2.45) is 0 Å². The van der Waals surface area contributed by atoms with Crippen molar-refractivity contribution < 1.29 is 17.9 Å². The normalized spacial score (nSPS) is 11.6. The molecule has 118 valence electrons. The molecule has 0 aliphatic carbocycles. The number of hydrogen-bond acceptors (Lipinski definition) is 4. The van der Waals surface area contributed by atoms with Gasteiger partial charge in [-0.2, -0.15) is 9.78 Å². The van der Waals surface area contributed by atoms with E-state index in [-0.39, 0.29) is 15.5 Å². The molecule has 0 radical (unpaired) electrons. The Balaban J connectivity index is 2.17. The lowest BCUT2D eigenvalue weighted by atomic mass is 10.3. The Hall–Kier alpha value is -2.67. The molecule has 0 amide bonds. The number of nitrogens with zero attached hydrogens (tertiary/aromatic N) is 2. The maximum Gasteiger partial charge on any atom is 0.234 e. The van der Waals surface area contributed by atoms with Crippen LogP contribution >= 0.6 is 0 Å². The Morgan fingerprint density at radius 3 is 2.26 bits per heavy atom. The van der Waals surface area contributed by atoms with E-state index in [1.807, 2.05) is 0 Å². The lowest BCUT2D eigenvalue weighted by Gasteiger charge is -2.05. The molecule has 0 atom stereocenters. The quantitative estimate of drug-likeness (QED) is 0.749. The minimum absolute atomic E-state index is 0.107. The molecule has 5 nitrogen and oxygen atoms in total. The summed E-state index contributed by atoms with van der Waals surface area (Å²) in [5, 5.41) is 14.5. The third-order valence-corrected chi connectivity index (χ3v) is 5.28. The van der Waals surface area contributed by atoms with Gasteiger partial charge in [0.25, 0.3) is 0 Å². The van der Waals surface area contributed by atoms with Gasteiger partial charge in [-0.25, -0.2) is 12.8 Å². The van der Waals surface area contributed by atoms with Crippen LogP contribution in [0.5, 0.6) is 5.88 Å². The monoisotopic (exact) mass is 332 g/mol. The molecular weight excluding hydrogens is 319 g/mol. The van der Waals surface area contributed by atoms with Crippen LogP contribution in [0.1, 0.15) is 5.69 Å². The van der Waals surface area contributed by atoms with Gasteiger partial charge in [-0.1, -0.05) is 18.2 Å². The molecule has 7 heteroatoms. The fourth-order valence-electron chi connectivity index (χ4n) is 2.30. The topological polar surface area (TPSA) is 72.2 Å². The maximum atomic E-state index is 13.0. The van der Waals surface area contributed by atoms with Crippen molar-refractivity contribution in [3.63, 3.8) is 0 Å². The Kier molecular flexibility index (Phi) is 3.65. The van der Waals surface area contributed by atoms with Crippen molar-refractivity contribution in [2.45, 2.75) is 16.7 Å². The van der Waals surface area contributed by atoms with Gasteiger partial charge in [0.05, 0.1) is 16.3 Å². The number of rotatable bonds is 3. The van der Waals surface area contributed by atoms with E-state index in [1.54, 1.807) is 30.3 Å². The number of para-hydroxylation sites is 1. The van der Waals surface area contributed by atoms with E-state index in [2.05, 4.69) is 5.10 Å². The summed E-state index contributed by atoms with van der Waals surface area (Å²) in [4.78, 5) is -0.391. The standard InChI is InChI=1S/C16H13FN2O3S/c1-11-15(23(21,22)14-9-7-12(17)8-10-14)16(20)19(18-11)13-5-3-2-4-6-13/h2-10,20H,1H3. The minimum atomic E-state index is -4.00. The van der Waals surface area contributed by atoms with Crippen molar-refractivity contribution in [3.05, 3.63) is 66.1 Å². The summed E-state index contributed by atoms with van der Waals surface area (Å²) in [6.07, 6.45) is 0. The number of sulfone groups is 1. The first kappa shape index (κ1) is 15.2. The highest BCUT2D eigenvalue weighted by molar-refractivity contribution is 7.91. The molecule has 23 heavy (non-hydrogen) atoms. The van der Waals surface area contributed by atoms with Crippen LogP contribution in [0, 0.1) is 12.7 Å². The predicted octanol–water partition coefficient (Wildman–Crippen LogP) is 2.86. The molecule has 1 aromatic heterocycles. The maximum absolute atomic E-state index is 13.0. The van der Waals surface area contributed by atoms with E-state index in [1.165, 1.54) is 6.92 Å². The molecular formula is C16H13FN2O3S. The summed E-state index contributed by atoms with van der Waals surface area (Å²) >= 11 is 0. The molecule has 1 N–H and O–H groups in total. The first-order chi connectivity index (χ1) is 10.9. The summed E-state index contributed by atoms with van der Waals surface area (Å²) in [6, 6.07) is 13.1. The van der Waals surface area contributed by atoms with Gasteiger partial charge < -0.3 is 5.11 Å². The van der Waals surface area contributed by atoms with Gasteiger partial charge >= 0.3 is 0 Å². The molecule has 0 bridgehead atoms. The lowest BCUT2D eigenvalue weighted by molar-refractivity contribution is 0.420. The van der Waals surface area contributed by atoms with Crippen LogP contribution < -0.4 is 0 Å². The molecule has 3 aromatic rings. The van der Waals surface area contributed by atoms with Crippen LogP contribution in [0.25, 0.3) is 5.69 Å². The van der Waals surface area contributed by atoms with Crippen LogP contribution in [0.4, 0.5) is 4.39 Å². The van der Waals surface area contributed by atoms with Crippen molar-refractivity contribution in [3.8, 4) is 11.6 Å². The predicted molar refractivity (Wildman–Crippen MR) is 81.8 cm³/mol. The van der Waals surface area contributed by atoms with E-state index in [0.717, 1.165) is 28.9 Å². The van der Waals surface area contributed by atoms with Crippen LogP contribution in [-0.4, -0.2) is 23.3 Å². The third kappa shape index (κ3) is 2.59. The molecule has 0 unspecified atom stereocenters. The summed E-state index contributed by atoms with van der Waals surface area (Å²) in [7, 11) is -4.00. The van der Waals surface area contributed by atoms with Crippen LogP contribution in [0.3, 0.4) is 0 Å². The van der Waals surface area contributed by atoms with E-state index in [9.17, 15) is 17.9 Å². The summed E-state index contributed by atoms with van der Waals surface area (Å²) < 4.78 is 39.6. The number of halogens is 1. The van der Waals surface area contributed by atoms with E-state index < -0.39 is 21.5 Å². The zero-order valence-electron chi connectivity index (χ0n) is 12.1. The number of hydrogen-bond donors (Lipinski definition) is 1. The molecule has 1 heterocycles. The Bertz CT molecular complexity index is 949. The van der Waals surface area contributed by atoms with Crippen molar-refractivity contribution in [1.82, 2.24) is 9.78 Å². The fraction of sp³-hybridized carbons (Fsp3) is 0.0625. The zero-order valence-corrected chi connectivity index (χ0v) is 13.0. The minimum Gasteiger partial charge on any atom is -0.492 e. The number of aromatic hydroxyl groups is 1. The molecule has 0 saturated carbocycles. The van der Waals surface area contributed by atoms with Gasteiger partial charge in [-0.15, -0.1) is 0 Å². The average molecular weight is 332 g/mol. The fourth-order valence-corrected chi connectivity index (χ4v) is 3.78. The largest absolute Gasteiger partial charge is 0.492 e. The van der Waals surface area contributed by atoms with Crippen molar-refractivity contribution >= 4 is 9.84 Å². The smallest absolute Gasteiger partial charge is 0.234 e. The molecule has 3 rings (SSSR count). The molecule has 0 fully saturated rings. The number of aryl methyl sites for hydroxylation is 1. The molecule has 0 spiro atoms. The molecule has 2 aromatic carbocycles. The van der Waals surface area contributed by atoms with Gasteiger partial charge in [0, 0.05) is 0 Å². The van der Waals surface area contributed by atoms with Crippen LogP contribution in [0.2, 0.25) is 0 Å². The zero-order chi connectivity index (χ0) is 16.6. The molecule has 0 aliphatic heterocycles. The molecule has 0 saturated heterocycles. The number of benzene rings is 2. The SMILES string of the molecule is Cc1nn(-c2ccccc2)c(O)c1S(=O)(=O)c1ccc(F)cc1. The third-order valence-electron chi connectivity index (χ3n) is 3.38. The second-order valence-electron chi connectivity index (χ2n) is 4.94. The van der Waals surface area contributed by atoms with Gasteiger partial charge in [0.2, 0.25) is 15.7 Å². The average Bonchev–Trinajstić information content (AvgIpc) is 2.84. The first-order valence-corrected chi connectivity index (χ1v) is 8.24. The van der Waals surface area contributed by atoms with Crippen LogP contribution in [-0.2, 0) is 9.84 Å². The second-order valence-corrected chi connectivity index (χ2v) is 6.83. The Morgan fingerprint density at radius 2 is 1.65 bits per heavy atom. The summed E-state index contributed by atoms with van der Waals surface area (Å²) in [5.41, 5.74) is 0.698.